The third-order valence-electron chi connectivity index (χ3n) is 4.08. The minimum Gasteiger partial charge on any atom is -0.392 e. The SMILES string of the molecule is CCc1ccsc1C(=O)N1CCN(C(CC)C(N)=S)CC1. The van der Waals surface area contributed by atoms with Gasteiger partial charge in [0.2, 0.25) is 0 Å². The maximum Gasteiger partial charge on any atom is 0.264 e. The molecule has 2 rings (SSSR count). The lowest BCUT2D eigenvalue weighted by molar-refractivity contribution is 0.0615. The van der Waals surface area contributed by atoms with Gasteiger partial charge in [-0.25, -0.2) is 0 Å². The molecule has 21 heavy (non-hydrogen) atoms. The van der Waals surface area contributed by atoms with Gasteiger partial charge in [-0.15, -0.1) is 11.3 Å². The van der Waals surface area contributed by atoms with Crippen LogP contribution in [0.15, 0.2) is 11.4 Å². The van der Waals surface area contributed by atoms with E-state index < -0.39 is 0 Å². The number of rotatable bonds is 5. The van der Waals surface area contributed by atoms with Crippen LogP contribution in [0, 0.1) is 0 Å². The molecule has 1 aromatic rings. The third-order valence-corrected chi connectivity index (χ3v) is 5.30. The number of carbonyl (C=O) groups is 1. The Kier molecular flexibility index (Phi) is 5.72. The highest BCUT2D eigenvalue weighted by Crippen LogP contribution is 2.21. The normalized spacial score (nSPS) is 17.7. The highest BCUT2D eigenvalue weighted by Gasteiger charge is 2.28. The second kappa shape index (κ2) is 7.33. The number of piperazine rings is 1. The molecule has 116 valence electrons. The number of aryl methyl sites for hydroxylation is 1. The van der Waals surface area contributed by atoms with Gasteiger partial charge >= 0.3 is 0 Å². The minimum absolute atomic E-state index is 0.158. The van der Waals surface area contributed by atoms with Crippen molar-refractivity contribution in [2.45, 2.75) is 32.7 Å². The number of thiocarbonyl (C=S) groups is 1. The van der Waals surface area contributed by atoms with E-state index in [1.807, 2.05) is 16.3 Å². The van der Waals surface area contributed by atoms with Gasteiger partial charge in [0, 0.05) is 26.2 Å². The highest BCUT2D eigenvalue weighted by atomic mass is 32.1. The number of nitrogens with two attached hydrogens (primary N) is 1. The monoisotopic (exact) mass is 325 g/mol. The van der Waals surface area contributed by atoms with E-state index in [2.05, 4.69) is 18.7 Å². The molecular formula is C15H23N3OS2. The van der Waals surface area contributed by atoms with Gasteiger partial charge in [-0.3, -0.25) is 9.69 Å². The Morgan fingerprint density at radius 2 is 2.05 bits per heavy atom. The van der Waals surface area contributed by atoms with Crippen LogP contribution in [-0.2, 0) is 6.42 Å². The number of hydrogen-bond donors (Lipinski definition) is 1. The van der Waals surface area contributed by atoms with E-state index in [9.17, 15) is 4.79 Å². The Hall–Kier alpha value is -0.980. The maximum atomic E-state index is 12.6. The fourth-order valence-electron chi connectivity index (χ4n) is 2.82. The van der Waals surface area contributed by atoms with Crippen molar-refractivity contribution in [3.8, 4) is 0 Å². The predicted octanol–water partition coefficient (Wildman–Crippen LogP) is 2.13. The molecule has 0 aromatic carbocycles. The summed E-state index contributed by atoms with van der Waals surface area (Å²) in [5.74, 6) is 0.171. The first-order chi connectivity index (χ1) is 10.1. The second-order valence-corrected chi connectivity index (χ2v) is 6.67. The lowest BCUT2D eigenvalue weighted by Gasteiger charge is -2.38. The van der Waals surface area contributed by atoms with Gasteiger partial charge in [-0.1, -0.05) is 26.1 Å². The topological polar surface area (TPSA) is 49.6 Å². The largest absolute Gasteiger partial charge is 0.392 e. The van der Waals surface area contributed by atoms with E-state index in [0.717, 1.165) is 49.5 Å². The van der Waals surface area contributed by atoms with Crippen molar-refractivity contribution < 1.29 is 4.79 Å². The van der Waals surface area contributed by atoms with Crippen molar-refractivity contribution in [2.75, 3.05) is 26.2 Å². The zero-order valence-electron chi connectivity index (χ0n) is 12.7. The lowest BCUT2D eigenvalue weighted by atomic mass is 10.1. The number of hydrogen-bond acceptors (Lipinski definition) is 4. The summed E-state index contributed by atoms with van der Waals surface area (Å²) in [6, 6.07) is 2.21. The highest BCUT2D eigenvalue weighted by molar-refractivity contribution is 7.80. The lowest BCUT2D eigenvalue weighted by Crippen LogP contribution is -2.54. The Morgan fingerprint density at radius 3 is 2.57 bits per heavy atom. The van der Waals surface area contributed by atoms with Crippen LogP contribution in [0.4, 0.5) is 0 Å². The standard InChI is InChI=1S/C15H23N3OS2/c1-3-11-5-10-21-13(11)15(19)18-8-6-17(7-9-18)12(4-2)14(16)20/h5,10,12H,3-4,6-9H2,1-2H3,(H2,16,20). The van der Waals surface area contributed by atoms with Crippen molar-refractivity contribution in [1.82, 2.24) is 9.80 Å². The molecule has 0 saturated carbocycles. The van der Waals surface area contributed by atoms with E-state index >= 15 is 0 Å². The molecule has 2 heterocycles. The van der Waals surface area contributed by atoms with E-state index in [-0.39, 0.29) is 11.9 Å². The summed E-state index contributed by atoms with van der Waals surface area (Å²) in [4.78, 5) is 18.3. The van der Waals surface area contributed by atoms with Crippen LogP contribution in [0.1, 0.15) is 35.5 Å². The first kappa shape index (κ1) is 16.4. The van der Waals surface area contributed by atoms with Crippen molar-refractivity contribution in [3.05, 3.63) is 21.9 Å². The maximum absolute atomic E-state index is 12.6. The Bertz CT molecular complexity index is 507. The quantitative estimate of drug-likeness (QED) is 0.843. The second-order valence-electron chi connectivity index (χ2n) is 5.28. The van der Waals surface area contributed by atoms with Crippen LogP contribution in [0.2, 0.25) is 0 Å². The molecule has 0 radical (unpaired) electrons. The molecule has 6 heteroatoms. The molecule has 1 fully saturated rings. The number of nitrogens with zero attached hydrogens (tertiary/aromatic N) is 2. The smallest absolute Gasteiger partial charge is 0.264 e. The Labute approximate surface area is 135 Å². The summed E-state index contributed by atoms with van der Waals surface area (Å²) in [5, 5.41) is 2.00. The van der Waals surface area contributed by atoms with Gasteiger partial charge in [0.15, 0.2) is 0 Å². The van der Waals surface area contributed by atoms with Gasteiger partial charge in [-0.05, 0) is 29.9 Å². The molecule has 1 aliphatic heterocycles. The van der Waals surface area contributed by atoms with Gasteiger partial charge < -0.3 is 10.6 Å². The molecule has 4 nitrogen and oxygen atoms in total. The van der Waals surface area contributed by atoms with Crippen LogP contribution in [-0.4, -0.2) is 52.9 Å². The average Bonchev–Trinajstić information content (AvgIpc) is 2.96. The summed E-state index contributed by atoms with van der Waals surface area (Å²) in [6.07, 6.45) is 1.83. The van der Waals surface area contributed by atoms with E-state index in [1.54, 1.807) is 11.3 Å². The zero-order chi connectivity index (χ0) is 15.4. The number of carbonyl (C=O) groups excluding carboxylic acids is 1. The van der Waals surface area contributed by atoms with Crippen molar-refractivity contribution in [2.24, 2.45) is 5.73 Å². The minimum atomic E-state index is 0.158. The predicted molar refractivity (Wildman–Crippen MR) is 92.0 cm³/mol. The van der Waals surface area contributed by atoms with Crippen LogP contribution >= 0.6 is 23.6 Å². The first-order valence-corrected chi connectivity index (χ1v) is 8.76. The van der Waals surface area contributed by atoms with Gasteiger partial charge in [0.05, 0.1) is 15.9 Å². The van der Waals surface area contributed by atoms with Crippen LogP contribution < -0.4 is 5.73 Å². The van der Waals surface area contributed by atoms with Crippen LogP contribution in [0.25, 0.3) is 0 Å². The van der Waals surface area contributed by atoms with Gasteiger partial charge in [-0.2, -0.15) is 0 Å². The zero-order valence-corrected chi connectivity index (χ0v) is 14.3. The molecule has 0 spiro atoms. The van der Waals surface area contributed by atoms with E-state index in [1.165, 1.54) is 0 Å². The summed E-state index contributed by atoms with van der Waals surface area (Å²) < 4.78 is 0. The number of thiophene rings is 1. The van der Waals surface area contributed by atoms with Crippen molar-refractivity contribution >= 4 is 34.5 Å². The van der Waals surface area contributed by atoms with Gasteiger partial charge in [0.25, 0.3) is 5.91 Å². The molecule has 1 aliphatic rings. The summed E-state index contributed by atoms with van der Waals surface area (Å²) >= 11 is 6.68. The molecule has 1 unspecified atom stereocenters. The molecule has 0 bridgehead atoms. The Balaban J connectivity index is 1.98. The Morgan fingerprint density at radius 1 is 1.38 bits per heavy atom. The molecule has 0 aliphatic carbocycles. The van der Waals surface area contributed by atoms with Crippen LogP contribution in [0.3, 0.4) is 0 Å². The van der Waals surface area contributed by atoms with E-state index in [0.29, 0.717) is 4.99 Å². The fourth-order valence-corrected chi connectivity index (χ4v) is 4.10. The molecule has 2 N–H and O–H groups in total. The summed E-state index contributed by atoms with van der Waals surface area (Å²) in [7, 11) is 0. The number of amides is 1. The van der Waals surface area contributed by atoms with Crippen molar-refractivity contribution in [3.63, 3.8) is 0 Å². The molecule has 1 aromatic heterocycles. The van der Waals surface area contributed by atoms with Crippen molar-refractivity contribution in [1.29, 1.82) is 0 Å². The molecular weight excluding hydrogens is 302 g/mol. The fraction of sp³-hybridized carbons (Fsp3) is 0.600. The van der Waals surface area contributed by atoms with Crippen LogP contribution in [0.5, 0.6) is 0 Å². The summed E-state index contributed by atoms with van der Waals surface area (Å²) in [6.45, 7) is 7.37. The molecule has 1 amide bonds. The first-order valence-electron chi connectivity index (χ1n) is 7.47. The molecule has 1 saturated heterocycles. The van der Waals surface area contributed by atoms with Gasteiger partial charge in [0.1, 0.15) is 0 Å². The van der Waals surface area contributed by atoms with E-state index in [4.69, 9.17) is 18.0 Å². The average molecular weight is 326 g/mol. The third kappa shape index (κ3) is 3.62. The summed E-state index contributed by atoms with van der Waals surface area (Å²) in [5.41, 5.74) is 6.95. The molecule has 1 atom stereocenters.